The van der Waals surface area contributed by atoms with Gasteiger partial charge in [0.05, 0.1) is 11.8 Å². The molecule has 0 aromatic carbocycles. The van der Waals surface area contributed by atoms with Crippen LogP contribution in [0.4, 0.5) is 5.00 Å². The van der Waals surface area contributed by atoms with Crippen LogP contribution < -0.4 is 10.6 Å². The van der Waals surface area contributed by atoms with Crippen LogP contribution in [0.15, 0.2) is 22.8 Å². The number of nitrogens with zero attached hydrogens (tertiary/aromatic N) is 1. The van der Waals surface area contributed by atoms with Gasteiger partial charge in [-0.25, -0.2) is 0 Å². The number of carbonyl (C=O) groups excluding carboxylic acids is 1. The molecule has 5 nitrogen and oxygen atoms in total. The molecule has 0 fully saturated rings. The zero-order valence-corrected chi connectivity index (χ0v) is 16.0. The number of furan rings is 1. The van der Waals surface area contributed by atoms with Crippen LogP contribution in [0, 0.1) is 11.3 Å². The number of aryl methyl sites for hydroxylation is 1. The summed E-state index contributed by atoms with van der Waals surface area (Å²) < 4.78 is 3.23. The average molecular weight is 419 g/mol. The number of nitriles is 1. The minimum Gasteiger partial charge on any atom is -0.459 e. The van der Waals surface area contributed by atoms with Crippen LogP contribution >= 0.6 is 46.1 Å². The third kappa shape index (κ3) is 4.06. The molecule has 25 heavy (non-hydrogen) atoms. The van der Waals surface area contributed by atoms with Gasteiger partial charge < -0.3 is 15.1 Å². The first kappa shape index (κ1) is 18.4. The maximum absolute atomic E-state index is 12.2. The van der Waals surface area contributed by atoms with Crippen molar-refractivity contribution in [3.05, 3.63) is 40.2 Å². The van der Waals surface area contributed by atoms with Crippen molar-refractivity contribution in [3.8, 4) is 6.07 Å². The van der Waals surface area contributed by atoms with E-state index in [4.69, 9.17) is 39.2 Å². The number of alkyl halides is 3. The number of anilines is 1. The Morgan fingerprint density at radius 3 is 2.76 bits per heavy atom. The topological polar surface area (TPSA) is 78.1 Å². The van der Waals surface area contributed by atoms with Crippen molar-refractivity contribution >= 4 is 57.0 Å². The molecule has 132 valence electrons. The van der Waals surface area contributed by atoms with Crippen molar-refractivity contribution in [3.63, 3.8) is 0 Å². The second kappa shape index (κ2) is 7.46. The predicted octanol–water partition coefficient (Wildman–Crippen LogP) is 4.63. The van der Waals surface area contributed by atoms with Crippen molar-refractivity contribution in [2.45, 2.75) is 35.6 Å². The molecule has 2 aromatic rings. The van der Waals surface area contributed by atoms with E-state index in [1.54, 1.807) is 6.07 Å². The maximum Gasteiger partial charge on any atom is 0.288 e. The summed E-state index contributed by atoms with van der Waals surface area (Å²) in [6.45, 7) is 0. The smallest absolute Gasteiger partial charge is 0.288 e. The Bertz CT molecular complexity index is 806. The van der Waals surface area contributed by atoms with Gasteiger partial charge >= 0.3 is 0 Å². The summed E-state index contributed by atoms with van der Waals surface area (Å²) in [5.41, 5.74) is 1.62. The first-order valence-corrected chi connectivity index (χ1v) is 9.57. The molecule has 0 aliphatic heterocycles. The normalized spacial score (nSPS) is 15.1. The fourth-order valence-corrected chi connectivity index (χ4v) is 4.32. The Kier molecular flexibility index (Phi) is 5.49. The molecular weight excluding hydrogens is 405 g/mol. The van der Waals surface area contributed by atoms with Gasteiger partial charge in [0.2, 0.25) is 3.79 Å². The van der Waals surface area contributed by atoms with Gasteiger partial charge in [0, 0.05) is 4.88 Å². The molecule has 0 unspecified atom stereocenters. The number of carbonyl (C=O) groups is 1. The van der Waals surface area contributed by atoms with Crippen LogP contribution in [-0.2, 0) is 12.8 Å². The van der Waals surface area contributed by atoms with Gasteiger partial charge in [-0.2, -0.15) is 5.26 Å². The molecule has 0 bridgehead atoms. The lowest BCUT2D eigenvalue weighted by Gasteiger charge is -2.26. The lowest BCUT2D eigenvalue weighted by Crippen LogP contribution is -2.49. The lowest BCUT2D eigenvalue weighted by molar-refractivity contribution is 0.0914. The number of hydrogen-bond acceptors (Lipinski definition) is 5. The molecule has 3 rings (SSSR count). The largest absolute Gasteiger partial charge is 0.459 e. The molecule has 1 atom stereocenters. The van der Waals surface area contributed by atoms with Crippen molar-refractivity contribution in [2.75, 3.05) is 5.32 Å². The fourth-order valence-electron chi connectivity index (χ4n) is 2.73. The van der Waals surface area contributed by atoms with Crippen LogP contribution in [0.25, 0.3) is 0 Å². The summed E-state index contributed by atoms with van der Waals surface area (Å²) in [4.78, 5) is 13.4. The number of thiophene rings is 1. The zero-order chi connectivity index (χ0) is 18.0. The van der Waals surface area contributed by atoms with E-state index >= 15 is 0 Å². The van der Waals surface area contributed by atoms with Gasteiger partial charge in [-0.15, -0.1) is 11.3 Å². The highest BCUT2D eigenvalue weighted by molar-refractivity contribution is 7.16. The molecule has 2 heterocycles. The fraction of sp³-hybridized carbons (Fsp3) is 0.375. The standard InChI is InChI=1S/C16H14Cl3N3O2S/c17-16(18,19)15(21-13(23)11-5-3-7-24-11)22-14-10(8-20)9-4-1-2-6-12(9)25-14/h3,5,7,15,22H,1-2,4,6H2,(H,21,23)/t15-/m0/s1. The van der Waals surface area contributed by atoms with Crippen molar-refractivity contribution in [1.29, 1.82) is 5.26 Å². The molecule has 0 spiro atoms. The Balaban J connectivity index is 1.85. The molecule has 9 heteroatoms. The summed E-state index contributed by atoms with van der Waals surface area (Å²) >= 11 is 19.5. The number of amides is 1. The first-order chi connectivity index (χ1) is 11.9. The van der Waals surface area contributed by atoms with Crippen LogP contribution in [-0.4, -0.2) is 15.9 Å². The molecule has 1 amide bonds. The van der Waals surface area contributed by atoms with Crippen LogP contribution in [0.3, 0.4) is 0 Å². The van der Waals surface area contributed by atoms with Crippen molar-refractivity contribution in [1.82, 2.24) is 5.32 Å². The van der Waals surface area contributed by atoms with Gasteiger partial charge in [-0.05, 0) is 43.4 Å². The molecule has 0 saturated carbocycles. The SMILES string of the molecule is N#Cc1c(N[C@H](NC(=O)c2ccco2)C(Cl)(Cl)Cl)sc2c1CCCC2. The van der Waals surface area contributed by atoms with Crippen LogP contribution in [0.2, 0.25) is 0 Å². The highest BCUT2D eigenvalue weighted by Crippen LogP contribution is 2.40. The molecule has 1 aliphatic rings. The van der Waals surface area contributed by atoms with E-state index in [0.717, 1.165) is 31.2 Å². The van der Waals surface area contributed by atoms with Crippen LogP contribution in [0.5, 0.6) is 0 Å². The highest BCUT2D eigenvalue weighted by atomic mass is 35.6. The summed E-state index contributed by atoms with van der Waals surface area (Å²) in [5.74, 6) is -0.416. The van der Waals surface area contributed by atoms with Gasteiger partial charge in [-0.1, -0.05) is 34.8 Å². The number of halogens is 3. The van der Waals surface area contributed by atoms with E-state index in [9.17, 15) is 10.1 Å². The molecular formula is C16H14Cl3N3O2S. The summed E-state index contributed by atoms with van der Waals surface area (Å²) in [5, 5.41) is 15.7. The second-order valence-corrected chi connectivity index (χ2v) is 9.07. The molecule has 0 radical (unpaired) electrons. The Labute approximate surface area is 163 Å². The summed E-state index contributed by atoms with van der Waals surface area (Å²) in [7, 11) is 0. The summed E-state index contributed by atoms with van der Waals surface area (Å²) in [6, 6.07) is 5.33. The van der Waals surface area contributed by atoms with E-state index in [2.05, 4.69) is 16.7 Å². The van der Waals surface area contributed by atoms with E-state index < -0.39 is 15.9 Å². The Morgan fingerprint density at radius 2 is 2.12 bits per heavy atom. The average Bonchev–Trinajstić information content (AvgIpc) is 3.20. The van der Waals surface area contributed by atoms with Gasteiger partial charge in [0.25, 0.3) is 5.91 Å². The number of fused-ring (bicyclic) bond motifs is 1. The molecule has 1 aliphatic carbocycles. The molecule has 0 saturated heterocycles. The lowest BCUT2D eigenvalue weighted by atomic mass is 9.96. The van der Waals surface area contributed by atoms with Gasteiger partial charge in [0.15, 0.2) is 5.76 Å². The van der Waals surface area contributed by atoms with E-state index in [-0.39, 0.29) is 5.76 Å². The Hall–Kier alpha value is -1.39. The highest BCUT2D eigenvalue weighted by Gasteiger charge is 2.36. The minimum absolute atomic E-state index is 0.104. The van der Waals surface area contributed by atoms with Crippen molar-refractivity contribution < 1.29 is 9.21 Å². The van der Waals surface area contributed by atoms with Gasteiger partial charge in [0.1, 0.15) is 17.2 Å². The van der Waals surface area contributed by atoms with Crippen LogP contribution in [0.1, 0.15) is 39.4 Å². The predicted molar refractivity (Wildman–Crippen MR) is 99.6 cm³/mol. The number of nitrogens with one attached hydrogen (secondary N) is 2. The third-order valence-electron chi connectivity index (χ3n) is 3.91. The summed E-state index contributed by atoms with van der Waals surface area (Å²) in [6.07, 6.45) is 4.32. The second-order valence-electron chi connectivity index (χ2n) is 5.60. The van der Waals surface area contributed by atoms with E-state index in [1.807, 2.05) is 0 Å². The monoisotopic (exact) mass is 417 g/mol. The first-order valence-electron chi connectivity index (χ1n) is 7.62. The number of hydrogen-bond donors (Lipinski definition) is 2. The number of rotatable bonds is 4. The van der Waals surface area contributed by atoms with E-state index in [1.165, 1.54) is 28.5 Å². The van der Waals surface area contributed by atoms with E-state index in [0.29, 0.717) is 10.6 Å². The Morgan fingerprint density at radius 1 is 1.36 bits per heavy atom. The maximum atomic E-state index is 12.2. The van der Waals surface area contributed by atoms with Crippen molar-refractivity contribution in [2.24, 2.45) is 0 Å². The molecule has 2 N–H and O–H groups in total. The zero-order valence-electron chi connectivity index (χ0n) is 12.9. The third-order valence-corrected chi connectivity index (χ3v) is 5.78. The van der Waals surface area contributed by atoms with Gasteiger partial charge in [-0.3, -0.25) is 4.79 Å². The quantitative estimate of drug-likeness (QED) is 0.560. The molecule has 2 aromatic heterocycles. The minimum atomic E-state index is -1.82.